The van der Waals surface area contributed by atoms with Crippen LogP contribution in [0.1, 0.15) is 27.8 Å². The summed E-state index contributed by atoms with van der Waals surface area (Å²) in [6.07, 6.45) is -4.68. The molecule has 4 N–H and O–H groups in total. The molecule has 0 aliphatic carbocycles. The molecule has 6 heteroatoms. The van der Waals surface area contributed by atoms with E-state index in [4.69, 9.17) is 9.47 Å². The van der Waals surface area contributed by atoms with Crippen LogP contribution in [0.5, 0.6) is 0 Å². The second-order valence-corrected chi connectivity index (χ2v) is 7.38. The molecule has 144 valence electrons. The summed E-state index contributed by atoms with van der Waals surface area (Å²) in [6.45, 7) is 1.77. The van der Waals surface area contributed by atoms with Crippen molar-refractivity contribution in [2.75, 3.05) is 6.61 Å². The topological polar surface area (TPSA) is 99.4 Å². The molecular formula is C21H24O6. The van der Waals surface area contributed by atoms with Gasteiger partial charge in [0.15, 0.2) is 0 Å². The third-order valence-corrected chi connectivity index (χ3v) is 5.43. The molecule has 2 aliphatic rings. The molecule has 0 aromatic heterocycles. The highest BCUT2D eigenvalue weighted by Gasteiger charge is 2.58. The number of fused-ring (bicyclic) bond motifs is 2. The Morgan fingerprint density at radius 3 is 2.56 bits per heavy atom. The zero-order valence-corrected chi connectivity index (χ0v) is 15.1. The van der Waals surface area contributed by atoms with Crippen molar-refractivity contribution < 1.29 is 29.9 Å². The first kappa shape index (κ1) is 18.6. The van der Waals surface area contributed by atoms with Crippen LogP contribution in [0.2, 0.25) is 0 Å². The van der Waals surface area contributed by atoms with Crippen LogP contribution in [-0.4, -0.2) is 51.4 Å². The molecule has 0 radical (unpaired) electrons. The highest BCUT2D eigenvalue weighted by Crippen LogP contribution is 2.46. The molecule has 1 spiro atoms. The lowest BCUT2D eigenvalue weighted by Crippen LogP contribution is -2.63. The van der Waals surface area contributed by atoms with Gasteiger partial charge in [0, 0.05) is 5.56 Å². The van der Waals surface area contributed by atoms with Crippen LogP contribution in [0.4, 0.5) is 0 Å². The van der Waals surface area contributed by atoms with E-state index in [2.05, 4.69) is 12.1 Å². The molecular weight excluding hydrogens is 348 g/mol. The van der Waals surface area contributed by atoms with E-state index in [-0.39, 0.29) is 6.61 Å². The Hall–Kier alpha value is -1.80. The van der Waals surface area contributed by atoms with Gasteiger partial charge in [-0.15, -0.1) is 0 Å². The smallest absolute Gasteiger partial charge is 0.225 e. The van der Waals surface area contributed by atoms with Crippen LogP contribution in [0, 0.1) is 6.92 Å². The monoisotopic (exact) mass is 372 g/mol. The van der Waals surface area contributed by atoms with Crippen molar-refractivity contribution in [3.05, 3.63) is 70.3 Å². The van der Waals surface area contributed by atoms with Gasteiger partial charge in [-0.05, 0) is 36.1 Å². The minimum Gasteiger partial charge on any atom is -0.394 e. The van der Waals surface area contributed by atoms with Crippen LogP contribution in [0.15, 0.2) is 42.5 Å². The second-order valence-electron chi connectivity index (χ2n) is 7.38. The van der Waals surface area contributed by atoms with Gasteiger partial charge in [0.2, 0.25) is 5.79 Å². The van der Waals surface area contributed by atoms with Crippen molar-refractivity contribution in [2.45, 2.75) is 50.2 Å². The van der Waals surface area contributed by atoms with Crippen LogP contribution in [-0.2, 0) is 28.3 Å². The summed E-state index contributed by atoms with van der Waals surface area (Å²) >= 11 is 0. The fraction of sp³-hybridized carbons (Fsp3) is 0.429. The van der Waals surface area contributed by atoms with Gasteiger partial charge < -0.3 is 29.9 Å². The maximum Gasteiger partial charge on any atom is 0.225 e. The van der Waals surface area contributed by atoms with Gasteiger partial charge in [0.25, 0.3) is 0 Å². The molecule has 2 aliphatic heterocycles. The van der Waals surface area contributed by atoms with Gasteiger partial charge >= 0.3 is 0 Å². The van der Waals surface area contributed by atoms with E-state index in [1.165, 1.54) is 5.56 Å². The molecule has 5 atom stereocenters. The third-order valence-electron chi connectivity index (χ3n) is 5.43. The average Bonchev–Trinajstić information content (AvgIpc) is 3.02. The maximum absolute atomic E-state index is 10.6. The normalized spacial score (nSPS) is 32.6. The van der Waals surface area contributed by atoms with Crippen molar-refractivity contribution in [2.24, 2.45) is 0 Å². The van der Waals surface area contributed by atoms with Gasteiger partial charge in [-0.1, -0.05) is 42.0 Å². The van der Waals surface area contributed by atoms with E-state index in [1.807, 2.05) is 37.3 Å². The molecule has 4 rings (SSSR count). The van der Waals surface area contributed by atoms with Crippen molar-refractivity contribution in [3.8, 4) is 0 Å². The van der Waals surface area contributed by atoms with Crippen LogP contribution in [0.3, 0.4) is 0 Å². The Bertz CT molecular complexity index is 835. The van der Waals surface area contributed by atoms with E-state index in [0.29, 0.717) is 12.0 Å². The van der Waals surface area contributed by atoms with Gasteiger partial charge in [-0.3, -0.25) is 0 Å². The number of aliphatic hydroxyl groups is 4. The minimum absolute atomic E-state index is 0.220. The Morgan fingerprint density at radius 2 is 1.81 bits per heavy atom. The predicted molar refractivity (Wildman–Crippen MR) is 96.9 cm³/mol. The molecule has 0 bridgehead atoms. The number of rotatable bonds is 3. The van der Waals surface area contributed by atoms with Crippen LogP contribution < -0.4 is 0 Å². The van der Waals surface area contributed by atoms with E-state index in [9.17, 15) is 20.4 Å². The Morgan fingerprint density at radius 1 is 1.04 bits per heavy atom. The molecule has 2 aromatic carbocycles. The molecule has 1 fully saturated rings. The SMILES string of the molecule is Cc1cccc(Cc2ccc3c(c2)C2(OC3)O[C@H](CO)[C@@H](O)[C@H](O)[C@H]2O)c1. The summed E-state index contributed by atoms with van der Waals surface area (Å²) in [7, 11) is 0. The maximum atomic E-state index is 10.6. The lowest BCUT2D eigenvalue weighted by molar-refractivity contribution is -0.368. The molecule has 27 heavy (non-hydrogen) atoms. The number of ether oxygens (including phenoxy) is 2. The first-order valence-corrected chi connectivity index (χ1v) is 9.09. The summed E-state index contributed by atoms with van der Waals surface area (Å²) in [5, 5.41) is 40.4. The zero-order valence-electron chi connectivity index (χ0n) is 15.1. The molecule has 2 heterocycles. The molecule has 0 amide bonds. The number of hydrogen-bond acceptors (Lipinski definition) is 6. The fourth-order valence-electron chi connectivity index (χ4n) is 3.99. The summed E-state index contributed by atoms with van der Waals surface area (Å²) < 4.78 is 11.6. The zero-order chi connectivity index (χ0) is 19.2. The summed E-state index contributed by atoms with van der Waals surface area (Å²) in [4.78, 5) is 0. The number of aliphatic hydroxyl groups excluding tert-OH is 4. The van der Waals surface area contributed by atoms with Gasteiger partial charge in [-0.25, -0.2) is 0 Å². The molecule has 6 nitrogen and oxygen atoms in total. The third kappa shape index (κ3) is 3.08. The van der Waals surface area contributed by atoms with Gasteiger partial charge in [-0.2, -0.15) is 0 Å². The molecule has 1 saturated heterocycles. The minimum atomic E-state index is -1.59. The number of hydrogen-bond donors (Lipinski definition) is 4. The number of benzene rings is 2. The van der Waals surface area contributed by atoms with E-state index >= 15 is 0 Å². The highest BCUT2D eigenvalue weighted by atomic mass is 16.7. The predicted octanol–water partition coefficient (Wildman–Crippen LogP) is 0.743. The lowest BCUT2D eigenvalue weighted by Gasteiger charge is -2.46. The van der Waals surface area contributed by atoms with E-state index < -0.39 is 36.8 Å². The Labute approximate surface area is 157 Å². The van der Waals surface area contributed by atoms with Crippen molar-refractivity contribution in [1.29, 1.82) is 0 Å². The van der Waals surface area contributed by atoms with E-state index in [0.717, 1.165) is 16.7 Å². The molecule has 2 aromatic rings. The fourth-order valence-corrected chi connectivity index (χ4v) is 3.99. The largest absolute Gasteiger partial charge is 0.394 e. The highest BCUT2D eigenvalue weighted by molar-refractivity contribution is 5.41. The standard InChI is InChI=1S/C21H24O6/c1-12-3-2-4-13(7-12)8-14-5-6-15-11-26-21(16(15)9-14)20(25)19(24)18(23)17(10-22)27-21/h2-7,9,17-20,22-25H,8,10-11H2,1H3/t17-,18-,19+,20-,21?/m1/s1. The van der Waals surface area contributed by atoms with Crippen LogP contribution in [0.25, 0.3) is 0 Å². The van der Waals surface area contributed by atoms with Crippen LogP contribution >= 0.6 is 0 Å². The first-order chi connectivity index (χ1) is 12.9. The second kappa shape index (κ2) is 6.98. The summed E-state index contributed by atoms with van der Waals surface area (Å²) in [5.41, 5.74) is 4.84. The van der Waals surface area contributed by atoms with Gasteiger partial charge in [0.1, 0.15) is 24.4 Å². The Balaban J connectivity index is 1.70. The summed E-state index contributed by atoms with van der Waals surface area (Å²) in [6, 6.07) is 14.1. The molecule has 0 saturated carbocycles. The summed E-state index contributed by atoms with van der Waals surface area (Å²) in [5.74, 6) is -1.59. The van der Waals surface area contributed by atoms with Crippen molar-refractivity contribution >= 4 is 0 Å². The molecule has 1 unspecified atom stereocenters. The van der Waals surface area contributed by atoms with Crippen molar-refractivity contribution in [3.63, 3.8) is 0 Å². The number of aryl methyl sites for hydroxylation is 1. The van der Waals surface area contributed by atoms with Crippen molar-refractivity contribution in [1.82, 2.24) is 0 Å². The average molecular weight is 372 g/mol. The lowest BCUT2D eigenvalue weighted by atomic mass is 9.86. The first-order valence-electron chi connectivity index (χ1n) is 9.09. The van der Waals surface area contributed by atoms with Gasteiger partial charge in [0.05, 0.1) is 13.2 Å². The van der Waals surface area contributed by atoms with E-state index in [1.54, 1.807) is 0 Å². The quantitative estimate of drug-likeness (QED) is 0.634. The Kier molecular flexibility index (Phi) is 4.80.